The second kappa shape index (κ2) is 8.28. The molecule has 0 radical (unpaired) electrons. The monoisotopic (exact) mass is 435 g/mol. The van der Waals surface area contributed by atoms with Crippen molar-refractivity contribution in [3.63, 3.8) is 0 Å². The van der Waals surface area contributed by atoms with Gasteiger partial charge in [0.05, 0.1) is 5.75 Å². The van der Waals surface area contributed by atoms with Crippen LogP contribution >= 0.6 is 23.5 Å². The summed E-state index contributed by atoms with van der Waals surface area (Å²) >= 11 is 2.30. The third-order valence-electron chi connectivity index (χ3n) is 4.43. The molecular formula is C24H21NO3S2. The fourth-order valence-electron chi connectivity index (χ4n) is 3.28. The van der Waals surface area contributed by atoms with Crippen LogP contribution in [0.1, 0.15) is 26.3 Å². The van der Waals surface area contributed by atoms with Crippen LogP contribution in [0.3, 0.4) is 0 Å². The second-order valence-corrected chi connectivity index (χ2v) is 10.1. The topological polar surface area (TPSA) is 55.7 Å². The lowest BCUT2D eigenvalue weighted by Crippen LogP contribution is -2.25. The minimum absolute atomic E-state index is 0.112. The summed E-state index contributed by atoms with van der Waals surface area (Å²) in [5.74, 6) is -0.193. The Morgan fingerprint density at radius 2 is 1.67 bits per heavy atom. The molecule has 0 saturated carbocycles. The minimum atomic E-state index is -0.529. The highest BCUT2D eigenvalue weighted by Crippen LogP contribution is 2.35. The summed E-state index contributed by atoms with van der Waals surface area (Å²) in [6, 6.07) is 18.4. The quantitative estimate of drug-likeness (QED) is 0.285. The van der Waals surface area contributed by atoms with Crippen LogP contribution < -0.4 is 0 Å². The Morgan fingerprint density at radius 3 is 2.27 bits per heavy atom. The molecule has 3 aromatic carbocycles. The van der Waals surface area contributed by atoms with Gasteiger partial charge in [0, 0.05) is 0 Å². The van der Waals surface area contributed by atoms with Gasteiger partial charge in [0.15, 0.2) is 0 Å². The molecule has 0 N–H and O–H groups in total. The van der Waals surface area contributed by atoms with E-state index in [1.54, 1.807) is 0 Å². The summed E-state index contributed by atoms with van der Waals surface area (Å²) in [6.07, 6.45) is 1.86. The molecule has 0 amide bonds. The van der Waals surface area contributed by atoms with Gasteiger partial charge < -0.3 is 4.74 Å². The van der Waals surface area contributed by atoms with Crippen molar-refractivity contribution in [2.45, 2.75) is 26.4 Å². The van der Waals surface area contributed by atoms with Gasteiger partial charge in [-0.3, -0.25) is 9.59 Å². The Bertz CT molecular complexity index is 1170. The molecule has 0 fully saturated rings. The van der Waals surface area contributed by atoms with E-state index in [2.05, 4.69) is 35.3 Å². The highest BCUT2D eigenvalue weighted by Gasteiger charge is 2.25. The second-order valence-electron chi connectivity index (χ2n) is 7.90. The zero-order chi connectivity index (χ0) is 21.3. The summed E-state index contributed by atoms with van der Waals surface area (Å²) in [5, 5.41) is 4.27. The fraction of sp³-hybridized carbons (Fsp3) is 0.208. The van der Waals surface area contributed by atoms with Gasteiger partial charge in [-0.05, 0) is 71.8 Å². The molecule has 4 rings (SSSR count). The number of nitrogens with zero attached hydrogens (tertiary/aromatic N) is 1. The molecule has 0 bridgehead atoms. The number of hydrogen-bond donors (Lipinski definition) is 0. The Labute approximate surface area is 183 Å². The van der Waals surface area contributed by atoms with Crippen LogP contribution in [0.5, 0.6) is 0 Å². The Balaban J connectivity index is 1.66. The van der Waals surface area contributed by atoms with E-state index in [9.17, 15) is 9.59 Å². The molecule has 1 aliphatic rings. The highest BCUT2D eigenvalue weighted by molar-refractivity contribution is 8.45. The van der Waals surface area contributed by atoms with Crippen molar-refractivity contribution in [2.24, 2.45) is 4.99 Å². The van der Waals surface area contributed by atoms with E-state index in [0.29, 0.717) is 10.1 Å². The summed E-state index contributed by atoms with van der Waals surface area (Å²) in [6.45, 7) is 5.49. The molecule has 0 atom stereocenters. The first-order chi connectivity index (χ1) is 14.3. The van der Waals surface area contributed by atoms with E-state index >= 15 is 0 Å². The SMILES string of the molecule is CC(C)(C)OC(=O)CSC1=NC(=Cc2c3ccccc3cc3ccccc23)C(=O)S1. The molecule has 0 aromatic heterocycles. The van der Waals surface area contributed by atoms with E-state index in [1.807, 2.05) is 51.1 Å². The number of aliphatic imine (C=N–C) groups is 1. The van der Waals surface area contributed by atoms with Crippen LogP contribution in [0.25, 0.3) is 27.6 Å². The van der Waals surface area contributed by atoms with E-state index in [-0.39, 0.29) is 16.8 Å². The van der Waals surface area contributed by atoms with Crippen LogP contribution in [0.15, 0.2) is 65.3 Å². The zero-order valence-corrected chi connectivity index (χ0v) is 18.6. The first-order valence-electron chi connectivity index (χ1n) is 9.58. The van der Waals surface area contributed by atoms with Crippen molar-refractivity contribution >= 4 is 66.6 Å². The van der Waals surface area contributed by atoms with E-state index < -0.39 is 5.60 Å². The summed E-state index contributed by atoms with van der Waals surface area (Å²) in [7, 11) is 0. The van der Waals surface area contributed by atoms with E-state index in [4.69, 9.17) is 4.74 Å². The summed E-state index contributed by atoms with van der Waals surface area (Å²) < 4.78 is 5.89. The Morgan fingerprint density at radius 1 is 1.07 bits per heavy atom. The van der Waals surface area contributed by atoms with Crippen LogP contribution in [-0.4, -0.2) is 26.8 Å². The van der Waals surface area contributed by atoms with Crippen molar-refractivity contribution in [3.8, 4) is 0 Å². The maximum atomic E-state index is 12.6. The molecule has 152 valence electrons. The van der Waals surface area contributed by atoms with Gasteiger partial charge in [0.25, 0.3) is 0 Å². The van der Waals surface area contributed by atoms with Gasteiger partial charge in [-0.2, -0.15) is 0 Å². The summed E-state index contributed by atoms with van der Waals surface area (Å²) in [5.41, 5.74) is 0.849. The molecule has 30 heavy (non-hydrogen) atoms. The molecule has 0 saturated heterocycles. The number of rotatable bonds is 3. The van der Waals surface area contributed by atoms with Crippen LogP contribution in [-0.2, 0) is 14.3 Å². The van der Waals surface area contributed by atoms with Crippen molar-refractivity contribution < 1.29 is 14.3 Å². The number of thioether (sulfide) groups is 2. The van der Waals surface area contributed by atoms with E-state index in [0.717, 1.165) is 38.9 Å². The van der Waals surface area contributed by atoms with Crippen molar-refractivity contribution in [2.75, 3.05) is 5.75 Å². The number of hydrogen-bond acceptors (Lipinski definition) is 6. The first kappa shape index (κ1) is 20.7. The Kier molecular flexibility index (Phi) is 5.71. The van der Waals surface area contributed by atoms with Gasteiger partial charge in [0.2, 0.25) is 5.12 Å². The maximum absolute atomic E-state index is 12.6. The summed E-state index contributed by atoms with van der Waals surface area (Å²) in [4.78, 5) is 29.0. The van der Waals surface area contributed by atoms with Crippen molar-refractivity contribution in [3.05, 3.63) is 65.9 Å². The normalized spacial score (nSPS) is 15.8. The third kappa shape index (κ3) is 4.60. The molecule has 0 aliphatic carbocycles. The largest absolute Gasteiger partial charge is 0.459 e. The number of esters is 1. The van der Waals surface area contributed by atoms with Gasteiger partial charge in [-0.25, -0.2) is 4.99 Å². The standard InChI is InChI=1S/C24H21NO3S2/c1-24(2,3)28-21(26)14-29-23-25-20(22(27)30-23)13-19-17-10-6-4-8-15(17)12-16-9-5-7-11-18(16)19/h4-13H,14H2,1-3H3. The lowest BCUT2D eigenvalue weighted by Gasteiger charge is -2.19. The number of fused-ring (bicyclic) bond motifs is 2. The number of carbonyl (C=O) groups is 2. The van der Waals surface area contributed by atoms with Crippen LogP contribution in [0, 0.1) is 0 Å². The Hall–Kier alpha value is -2.57. The molecule has 1 aliphatic heterocycles. The number of benzene rings is 3. The molecule has 6 heteroatoms. The number of carbonyl (C=O) groups excluding carboxylic acids is 2. The van der Waals surface area contributed by atoms with E-state index in [1.165, 1.54) is 11.8 Å². The lowest BCUT2D eigenvalue weighted by molar-refractivity contribution is -0.151. The number of ether oxygens (including phenoxy) is 1. The molecular weight excluding hydrogens is 414 g/mol. The minimum Gasteiger partial charge on any atom is -0.459 e. The van der Waals surface area contributed by atoms with Crippen molar-refractivity contribution in [1.82, 2.24) is 0 Å². The predicted molar refractivity (Wildman–Crippen MR) is 128 cm³/mol. The highest BCUT2D eigenvalue weighted by atomic mass is 32.2. The average molecular weight is 436 g/mol. The fourth-order valence-corrected chi connectivity index (χ4v) is 4.90. The van der Waals surface area contributed by atoms with Gasteiger partial charge in [-0.15, -0.1) is 0 Å². The third-order valence-corrected chi connectivity index (χ3v) is 6.41. The van der Waals surface area contributed by atoms with Gasteiger partial charge in [-0.1, -0.05) is 60.3 Å². The maximum Gasteiger partial charge on any atom is 0.316 e. The molecule has 1 heterocycles. The lowest BCUT2D eigenvalue weighted by atomic mass is 9.96. The smallest absolute Gasteiger partial charge is 0.316 e. The van der Waals surface area contributed by atoms with Gasteiger partial charge >= 0.3 is 5.97 Å². The molecule has 4 nitrogen and oxygen atoms in total. The van der Waals surface area contributed by atoms with Gasteiger partial charge in [0.1, 0.15) is 15.7 Å². The molecule has 3 aromatic rings. The van der Waals surface area contributed by atoms with Crippen molar-refractivity contribution in [1.29, 1.82) is 0 Å². The van der Waals surface area contributed by atoms with Crippen LogP contribution in [0.2, 0.25) is 0 Å². The average Bonchev–Trinajstić information content (AvgIpc) is 3.04. The molecule has 0 spiro atoms. The zero-order valence-electron chi connectivity index (χ0n) is 17.0. The first-order valence-corrected chi connectivity index (χ1v) is 11.4. The molecule has 0 unspecified atom stereocenters. The predicted octanol–water partition coefficient (Wildman–Crippen LogP) is 6.04. The van der Waals surface area contributed by atoms with Crippen LogP contribution in [0.4, 0.5) is 0 Å².